The second kappa shape index (κ2) is 13.4. The summed E-state index contributed by atoms with van der Waals surface area (Å²) in [6.07, 6.45) is 4.62. The number of rotatable bonds is 12. The third kappa shape index (κ3) is 8.98. The van der Waals surface area contributed by atoms with Crippen LogP contribution in [0.25, 0.3) is 0 Å². The number of hydrogen-bond donors (Lipinski definition) is 4. The minimum atomic E-state index is -0.270. The Balaban J connectivity index is 1.89. The first-order chi connectivity index (χ1) is 15.4. The Morgan fingerprint density at radius 3 is 2.03 bits per heavy atom. The van der Waals surface area contributed by atoms with Gasteiger partial charge < -0.3 is 21.3 Å². The van der Waals surface area contributed by atoms with Gasteiger partial charge >= 0.3 is 0 Å². The van der Waals surface area contributed by atoms with Crippen molar-refractivity contribution in [2.24, 2.45) is 0 Å². The molecule has 0 saturated carbocycles. The van der Waals surface area contributed by atoms with E-state index in [9.17, 15) is 14.4 Å². The van der Waals surface area contributed by atoms with Gasteiger partial charge in [0.25, 0.3) is 0 Å². The van der Waals surface area contributed by atoms with Crippen LogP contribution in [-0.4, -0.2) is 24.3 Å². The summed E-state index contributed by atoms with van der Waals surface area (Å²) in [4.78, 5) is 36.2. The molecule has 2 rings (SSSR count). The van der Waals surface area contributed by atoms with Crippen molar-refractivity contribution in [3.8, 4) is 0 Å². The summed E-state index contributed by atoms with van der Waals surface area (Å²) in [5.74, 6) is -0.382. The van der Waals surface area contributed by atoms with Crippen molar-refractivity contribution in [3.05, 3.63) is 47.5 Å². The predicted octanol–water partition coefficient (Wildman–Crippen LogP) is 5.65. The predicted molar refractivity (Wildman–Crippen MR) is 131 cm³/mol. The topological polar surface area (TPSA) is 99.3 Å². The largest absolute Gasteiger partial charge is 0.375 e. The van der Waals surface area contributed by atoms with Crippen molar-refractivity contribution in [1.82, 2.24) is 0 Å². The van der Waals surface area contributed by atoms with Gasteiger partial charge in [-0.1, -0.05) is 44.4 Å². The maximum atomic E-state index is 12.4. The van der Waals surface area contributed by atoms with Crippen LogP contribution in [0.3, 0.4) is 0 Å². The van der Waals surface area contributed by atoms with Crippen molar-refractivity contribution >= 4 is 52.1 Å². The molecule has 3 amide bonds. The van der Waals surface area contributed by atoms with Gasteiger partial charge in [0.05, 0.1) is 17.3 Å². The van der Waals surface area contributed by atoms with Crippen molar-refractivity contribution in [3.63, 3.8) is 0 Å². The van der Waals surface area contributed by atoms with E-state index >= 15 is 0 Å². The molecule has 2 aromatic carbocycles. The van der Waals surface area contributed by atoms with Gasteiger partial charge in [0.15, 0.2) is 0 Å². The fourth-order valence-corrected chi connectivity index (χ4v) is 3.19. The SMILES string of the molecule is CCCCCC(=O)Nc1cccc(NC(=O)CNc2cc(NC(=O)CCC)ccc2Cl)c1. The quantitative estimate of drug-likeness (QED) is 0.309. The van der Waals surface area contributed by atoms with E-state index in [1.54, 1.807) is 42.5 Å². The van der Waals surface area contributed by atoms with Gasteiger partial charge in [0.2, 0.25) is 17.7 Å². The second-order valence-corrected chi connectivity index (χ2v) is 7.89. The Bertz CT molecular complexity index is 933. The van der Waals surface area contributed by atoms with Crippen molar-refractivity contribution < 1.29 is 14.4 Å². The molecule has 32 heavy (non-hydrogen) atoms. The average molecular weight is 459 g/mol. The van der Waals surface area contributed by atoms with Crippen LogP contribution in [0.1, 0.15) is 52.4 Å². The maximum Gasteiger partial charge on any atom is 0.243 e. The molecule has 0 unspecified atom stereocenters. The summed E-state index contributed by atoms with van der Waals surface area (Å²) < 4.78 is 0. The lowest BCUT2D eigenvalue weighted by Gasteiger charge is -2.12. The number of halogens is 1. The van der Waals surface area contributed by atoms with Crippen LogP contribution in [0.5, 0.6) is 0 Å². The van der Waals surface area contributed by atoms with E-state index in [1.807, 2.05) is 6.92 Å². The summed E-state index contributed by atoms with van der Waals surface area (Å²) in [7, 11) is 0. The molecular formula is C24H31ClN4O3. The summed E-state index contributed by atoms with van der Waals surface area (Å²) in [6, 6.07) is 12.1. The van der Waals surface area contributed by atoms with E-state index in [1.165, 1.54) is 0 Å². The van der Waals surface area contributed by atoms with E-state index in [0.717, 1.165) is 25.7 Å². The van der Waals surface area contributed by atoms with Crippen LogP contribution in [0.4, 0.5) is 22.7 Å². The second-order valence-electron chi connectivity index (χ2n) is 7.48. The van der Waals surface area contributed by atoms with Gasteiger partial charge in [0, 0.05) is 29.9 Å². The minimum Gasteiger partial charge on any atom is -0.375 e. The van der Waals surface area contributed by atoms with Crippen molar-refractivity contribution in [1.29, 1.82) is 0 Å². The molecule has 0 aromatic heterocycles. The number of carbonyl (C=O) groups is 3. The number of unbranched alkanes of at least 4 members (excludes halogenated alkanes) is 2. The Kier molecular flexibility index (Phi) is 10.5. The molecule has 0 aliphatic carbocycles. The van der Waals surface area contributed by atoms with Crippen LogP contribution < -0.4 is 21.3 Å². The number of anilines is 4. The van der Waals surface area contributed by atoms with Crippen molar-refractivity contribution in [2.75, 3.05) is 27.8 Å². The summed E-state index contributed by atoms with van der Waals surface area (Å²) in [5, 5.41) is 11.9. The molecular weight excluding hydrogens is 428 g/mol. The van der Waals surface area contributed by atoms with Crippen LogP contribution in [0.15, 0.2) is 42.5 Å². The molecule has 0 bridgehead atoms. The minimum absolute atomic E-state index is 0.0142. The zero-order valence-electron chi connectivity index (χ0n) is 18.6. The molecule has 4 N–H and O–H groups in total. The monoisotopic (exact) mass is 458 g/mol. The first kappa shape index (κ1) is 25.2. The van der Waals surface area contributed by atoms with E-state index in [4.69, 9.17) is 11.6 Å². The van der Waals surface area contributed by atoms with Crippen LogP contribution in [0.2, 0.25) is 5.02 Å². The highest BCUT2D eigenvalue weighted by Gasteiger charge is 2.09. The molecule has 7 nitrogen and oxygen atoms in total. The Morgan fingerprint density at radius 1 is 0.750 bits per heavy atom. The van der Waals surface area contributed by atoms with E-state index in [0.29, 0.717) is 40.6 Å². The molecule has 0 radical (unpaired) electrons. The van der Waals surface area contributed by atoms with Gasteiger partial charge in [-0.15, -0.1) is 0 Å². The molecule has 0 fully saturated rings. The van der Waals surface area contributed by atoms with Crippen LogP contribution >= 0.6 is 11.6 Å². The smallest absolute Gasteiger partial charge is 0.243 e. The first-order valence-electron chi connectivity index (χ1n) is 10.9. The molecule has 2 aromatic rings. The fourth-order valence-electron chi connectivity index (χ4n) is 3.00. The lowest BCUT2D eigenvalue weighted by molar-refractivity contribution is -0.117. The normalized spacial score (nSPS) is 10.3. The third-order valence-corrected chi connectivity index (χ3v) is 4.93. The van der Waals surface area contributed by atoms with Crippen LogP contribution in [0, 0.1) is 0 Å². The highest BCUT2D eigenvalue weighted by molar-refractivity contribution is 6.33. The molecule has 0 aliphatic rings. The zero-order valence-corrected chi connectivity index (χ0v) is 19.3. The Labute approximate surface area is 194 Å². The highest BCUT2D eigenvalue weighted by Crippen LogP contribution is 2.25. The van der Waals surface area contributed by atoms with Gasteiger partial charge in [-0.25, -0.2) is 0 Å². The molecule has 0 spiro atoms. The maximum absolute atomic E-state index is 12.4. The molecule has 8 heteroatoms. The van der Waals surface area contributed by atoms with Gasteiger partial charge in [-0.2, -0.15) is 0 Å². The fraction of sp³-hybridized carbons (Fsp3) is 0.375. The van der Waals surface area contributed by atoms with E-state index < -0.39 is 0 Å². The van der Waals surface area contributed by atoms with Crippen LogP contribution in [-0.2, 0) is 14.4 Å². The summed E-state index contributed by atoms with van der Waals surface area (Å²) >= 11 is 6.21. The molecule has 172 valence electrons. The van der Waals surface area contributed by atoms with E-state index in [-0.39, 0.29) is 24.3 Å². The van der Waals surface area contributed by atoms with Crippen molar-refractivity contribution in [2.45, 2.75) is 52.4 Å². The molecule has 0 saturated heterocycles. The Hall–Kier alpha value is -3.06. The number of nitrogens with one attached hydrogen (secondary N) is 4. The van der Waals surface area contributed by atoms with E-state index in [2.05, 4.69) is 28.2 Å². The number of amides is 3. The molecule has 0 aliphatic heterocycles. The number of benzene rings is 2. The Morgan fingerprint density at radius 2 is 1.38 bits per heavy atom. The average Bonchev–Trinajstić information content (AvgIpc) is 2.74. The summed E-state index contributed by atoms with van der Waals surface area (Å²) in [6.45, 7) is 4.01. The lowest BCUT2D eigenvalue weighted by atomic mass is 10.2. The third-order valence-electron chi connectivity index (χ3n) is 4.60. The number of carbonyl (C=O) groups excluding carboxylic acids is 3. The zero-order chi connectivity index (χ0) is 23.3. The lowest BCUT2D eigenvalue weighted by Crippen LogP contribution is -2.22. The first-order valence-corrected chi connectivity index (χ1v) is 11.3. The molecule has 0 heterocycles. The molecule has 0 atom stereocenters. The van der Waals surface area contributed by atoms with Gasteiger partial charge in [-0.05, 0) is 49.2 Å². The van der Waals surface area contributed by atoms with Gasteiger partial charge in [0.1, 0.15) is 0 Å². The standard InChI is InChI=1S/C24H31ClN4O3/c1-3-5-6-11-23(31)27-17-9-7-10-18(14-17)29-24(32)16-26-21-15-19(12-13-20(21)25)28-22(30)8-4-2/h7,9-10,12-15,26H,3-6,8,11,16H2,1-2H3,(H,27,31)(H,28,30)(H,29,32). The highest BCUT2D eigenvalue weighted by atomic mass is 35.5. The van der Waals surface area contributed by atoms with Gasteiger partial charge in [-0.3, -0.25) is 14.4 Å². The number of hydrogen-bond acceptors (Lipinski definition) is 4. The summed E-state index contributed by atoms with van der Waals surface area (Å²) in [5.41, 5.74) is 2.37.